The lowest BCUT2D eigenvalue weighted by Crippen LogP contribution is -1.97. The first kappa shape index (κ1) is 19.2. The molecule has 0 radical (unpaired) electrons. The first-order valence-electron chi connectivity index (χ1n) is 8.73. The molecule has 29 heavy (non-hydrogen) atoms. The van der Waals surface area contributed by atoms with Crippen LogP contribution in [0.5, 0.6) is 11.6 Å². The highest BCUT2D eigenvalue weighted by molar-refractivity contribution is 7.98. The van der Waals surface area contributed by atoms with E-state index >= 15 is 0 Å². The van der Waals surface area contributed by atoms with Crippen LogP contribution in [0.25, 0.3) is 10.6 Å². The third kappa shape index (κ3) is 4.82. The maximum Gasteiger partial charge on any atom is 0.225 e. The zero-order chi connectivity index (χ0) is 20.2. The molecule has 2 heterocycles. The van der Waals surface area contributed by atoms with E-state index in [0.29, 0.717) is 22.6 Å². The normalized spacial score (nSPS) is 10.7. The third-order valence-electron chi connectivity index (χ3n) is 3.90. The van der Waals surface area contributed by atoms with Gasteiger partial charge in [-0.15, -0.1) is 10.2 Å². The van der Waals surface area contributed by atoms with Gasteiger partial charge in [-0.1, -0.05) is 35.2 Å². The number of nitrogens with two attached hydrogens (primary N) is 1. The van der Waals surface area contributed by atoms with Crippen molar-refractivity contribution in [3.05, 3.63) is 60.2 Å². The van der Waals surface area contributed by atoms with Gasteiger partial charge in [-0.3, -0.25) is 0 Å². The Bertz CT molecular complexity index is 1130. The molecule has 0 atom stereocenters. The number of thioether (sulfide) groups is 1. The second-order valence-corrected chi connectivity index (χ2v) is 7.90. The summed E-state index contributed by atoms with van der Waals surface area (Å²) in [5.41, 5.74) is 8.92. The maximum absolute atomic E-state index is 5.80. The molecule has 0 saturated heterocycles. The minimum absolute atomic E-state index is 0.374. The number of hydrogen-bond acceptors (Lipinski definition) is 9. The van der Waals surface area contributed by atoms with E-state index in [2.05, 4.69) is 44.5 Å². The van der Waals surface area contributed by atoms with Crippen LogP contribution < -0.4 is 15.8 Å². The van der Waals surface area contributed by atoms with E-state index in [4.69, 9.17) is 10.5 Å². The molecule has 0 unspecified atom stereocenters. The Kier molecular flexibility index (Phi) is 5.59. The van der Waals surface area contributed by atoms with Gasteiger partial charge in [0, 0.05) is 17.3 Å². The average Bonchev–Trinajstić information content (AvgIpc) is 3.16. The van der Waals surface area contributed by atoms with Crippen molar-refractivity contribution in [2.45, 2.75) is 12.1 Å². The van der Waals surface area contributed by atoms with Gasteiger partial charge in [0.25, 0.3) is 0 Å². The molecular weight excluding hydrogens is 404 g/mol. The monoisotopic (exact) mass is 422 g/mol. The lowest BCUT2D eigenvalue weighted by Gasteiger charge is -2.07. The van der Waals surface area contributed by atoms with Crippen LogP contribution in [0.4, 0.5) is 16.6 Å². The van der Waals surface area contributed by atoms with E-state index in [9.17, 15) is 0 Å². The summed E-state index contributed by atoms with van der Waals surface area (Å²) >= 11 is 2.90. The first-order chi connectivity index (χ1) is 14.1. The van der Waals surface area contributed by atoms with Crippen LogP contribution >= 0.6 is 23.1 Å². The summed E-state index contributed by atoms with van der Waals surface area (Å²) in [5, 5.41) is 13.9. The van der Waals surface area contributed by atoms with E-state index < -0.39 is 0 Å². The first-order valence-corrected chi connectivity index (χ1v) is 10.8. The largest absolute Gasteiger partial charge is 0.439 e. The van der Waals surface area contributed by atoms with E-state index in [0.717, 1.165) is 21.4 Å². The van der Waals surface area contributed by atoms with Crippen LogP contribution in [0.3, 0.4) is 0 Å². The number of ether oxygens (including phenoxy) is 1. The summed E-state index contributed by atoms with van der Waals surface area (Å²) in [6.45, 7) is 2.05. The van der Waals surface area contributed by atoms with Gasteiger partial charge >= 0.3 is 0 Å². The molecule has 2 aromatic heterocycles. The smallest absolute Gasteiger partial charge is 0.225 e. The number of aryl methyl sites for hydroxylation is 1. The molecule has 9 heteroatoms. The Morgan fingerprint density at radius 2 is 1.86 bits per heavy atom. The molecule has 2 aromatic carbocycles. The van der Waals surface area contributed by atoms with Crippen molar-refractivity contribution in [1.29, 1.82) is 0 Å². The number of anilines is 3. The number of rotatable bonds is 6. The molecule has 0 amide bonds. The highest BCUT2D eigenvalue weighted by atomic mass is 32.2. The molecule has 0 aliphatic rings. The molecule has 0 fully saturated rings. The minimum atomic E-state index is 0.374. The number of nitrogens with one attached hydrogen (secondary N) is 1. The van der Waals surface area contributed by atoms with Crippen molar-refractivity contribution in [3.8, 4) is 22.2 Å². The summed E-state index contributed by atoms with van der Waals surface area (Å²) in [4.78, 5) is 8.41. The Balaban J connectivity index is 1.47. The summed E-state index contributed by atoms with van der Waals surface area (Å²) in [7, 11) is 0. The molecule has 3 N–H and O–H groups in total. The van der Waals surface area contributed by atoms with Gasteiger partial charge in [0.05, 0.1) is 0 Å². The van der Waals surface area contributed by atoms with Crippen LogP contribution in [0.2, 0.25) is 0 Å². The van der Waals surface area contributed by atoms with Gasteiger partial charge in [0.2, 0.25) is 11.0 Å². The van der Waals surface area contributed by atoms with Crippen molar-refractivity contribution in [1.82, 2.24) is 20.2 Å². The molecule has 0 saturated carbocycles. The third-order valence-corrected chi connectivity index (χ3v) is 5.34. The SMILES string of the molecule is CSc1nc(N)cc(Oc2ccc(-c3nnc(Nc4cccc(C)c4)s3)cc2)n1. The molecule has 0 aliphatic carbocycles. The van der Waals surface area contributed by atoms with E-state index in [1.807, 2.05) is 42.7 Å². The number of benzene rings is 2. The minimum Gasteiger partial charge on any atom is -0.439 e. The maximum atomic E-state index is 5.80. The Morgan fingerprint density at radius 3 is 2.62 bits per heavy atom. The summed E-state index contributed by atoms with van der Waals surface area (Å²) < 4.78 is 5.80. The molecule has 0 bridgehead atoms. The van der Waals surface area contributed by atoms with Gasteiger partial charge < -0.3 is 15.8 Å². The molecule has 0 spiro atoms. The zero-order valence-corrected chi connectivity index (χ0v) is 17.4. The predicted molar refractivity (Wildman–Crippen MR) is 118 cm³/mol. The summed E-state index contributed by atoms with van der Waals surface area (Å²) in [5.74, 6) is 1.44. The van der Waals surface area contributed by atoms with E-state index in [1.54, 1.807) is 6.07 Å². The van der Waals surface area contributed by atoms with Gasteiger partial charge in [0.1, 0.15) is 16.6 Å². The number of hydrogen-bond donors (Lipinski definition) is 2. The highest BCUT2D eigenvalue weighted by Crippen LogP contribution is 2.31. The summed E-state index contributed by atoms with van der Waals surface area (Å²) in [6.07, 6.45) is 1.89. The van der Waals surface area contributed by atoms with Crippen molar-refractivity contribution in [2.24, 2.45) is 0 Å². The van der Waals surface area contributed by atoms with Crippen LogP contribution in [-0.4, -0.2) is 26.4 Å². The van der Waals surface area contributed by atoms with Crippen molar-refractivity contribution < 1.29 is 4.74 Å². The van der Waals surface area contributed by atoms with E-state index in [-0.39, 0.29) is 0 Å². The second-order valence-electron chi connectivity index (χ2n) is 6.15. The molecule has 146 valence electrons. The lowest BCUT2D eigenvalue weighted by molar-refractivity contribution is 0.456. The molecular formula is C20H18N6OS2. The number of nitrogens with zero attached hydrogens (tertiary/aromatic N) is 4. The van der Waals surface area contributed by atoms with Crippen LogP contribution in [0.15, 0.2) is 59.8 Å². The van der Waals surface area contributed by atoms with Gasteiger partial charge in [-0.2, -0.15) is 4.98 Å². The fourth-order valence-electron chi connectivity index (χ4n) is 2.59. The fraction of sp³-hybridized carbons (Fsp3) is 0.100. The fourth-order valence-corrected chi connectivity index (χ4v) is 3.73. The summed E-state index contributed by atoms with van der Waals surface area (Å²) in [6, 6.07) is 17.3. The van der Waals surface area contributed by atoms with Gasteiger partial charge in [-0.05, 0) is 55.1 Å². The van der Waals surface area contributed by atoms with Crippen LogP contribution in [0, 0.1) is 6.92 Å². The number of nitrogen functional groups attached to an aromatic ring is 1. The molecule has 7 nitrogen and oxygen atoms in total. The van der Waals surface area contributed by atoms with Gasteiger partial charge in [0.15, 0.2) is 5.16 Å². The highest BCUT2D eigenvalue weighted by Gasteiger charge is 2.09. The Labute approximate surface area is 176 Å². The topological polar surface area (TPSA) is 98.8 Å². The van der Waals surface area contributed by atoms with Crippen molar-refractivity contribution in [3.63, 3.8) is 0 Å². The predicted octanol–water partition coefficient (Wildman–Crippen LogP) is 5.14. The van der Waals surface area contributed by atoms with E-state index in [1.165, 1.54) is 28.7 Å². The van der Waals surface area contributed by atoms with Gasteiger partial charge in [-0.25, -0.2) is 4.98 Å². The second kappa shape index (κ2) is 8.46. The average molecular weight is 423 g/mol. The Morgan fingerprint density at radius 1 is 1.03 bits per heavy atom. The standard InChI is InChI=1S/C20H18N6OS2/c1-12-4-3-5-14(10-12)22-20-26-25-18(29-20)13-6-8-15(9-7-13)27-17-11-16(21)23-19(24-17)28-2/h3-11H,1-2H3,(H,22,26)(H2,21,23,24). The molecule has 0 aliphatic heterocycles. The number of aromatic nitrogens is 4. The van der Waals surface area contributed by atoms with Crippen LogP contribution in [0.1, 0.15) is 5.56 Å². The van der Waals surface area contributed by atoms with Crippen molar-refractivity contribution >= 4 is 39.7 Å². The quantitative estimate of drug-likeness (QED) is 0.325. The lowest BCUT2D eigenvalue weighted by atomic mass is 10.2. The van der Waals surface area contributed by atoms with Crippen LogP contribution in [-0.2, 0) is 0 Å². The molecule has 4 rings (SSSR count). The van der Waals surface area contributed by atoms with Crippen molar-refractivity contribution in [2.75, 3.05) is 17.3 Å². The Hall–Kier alpha value is -3.17. The zero-order valence-electron chi connectivity index (χ0n) is 15.8. The molecule has 4 aromatic rings.